The molecule has 0 aromatic heterocycles. The molecule has 0 heterocycles. The quantitative estimate of drug-likeness (QED) is 0.417. The number of hydrogen-bond acceptors (Lipinski definition) is 4. The van der Waals surface area contributed by atoms with Crippen LogP contribution < -0.4 is 9.62 Å². The SMILES string of the molecule is CCc1ccccc1N(CC(=O)N(Cc1ccccc1C)C(Cc1ccccc1)C(=O)NC)S(C)(=O)=O. The molecule has 0 aliphatic carbocycles. The molecular formula is C29H35N3O4S. The van der Waals surface area contributed by atoms with Crippen molar-refractivity contribution in [2.45, 2.75) is 39.3 Å². The Kier molecular flexibility index (Phi) is 9.47. The standard InChI is InChI=1S/C29H35N3O4S/c1-5-24-16-11-12-18-26(24)32(37(4,35)36)21-28(33)31(20-25-17-10-9-13-22(25)2)27(29(34)30-3)19-23-14-7-6-8-15-23/h6-18,27H,5,19-21H2,1-4H3,(H,30,34). The second-order valence-corrected chi connectivity index (χ2v) is 10.9. The lowest BCUT2D eigenvalue weighted by Gasteiger charge is -2.34. The van der Waals surface area contributed by atoms with E-state index in [4.69, 9.17) is 0 Å². The molecule has 0 aliphatic heterocycles. The van der Waals surface area contributed by atoms with Gasteiger partial charge in [-0.2, -0.15) is 0 Å². The first-order valence-corrected chi connectivity index (χ1v) is 14.2. The molecule has 37 heavy (non-hydrogen) atoms. The Balaban J connectivity index is 2.06. The minimum atomic E-state index is -3.79. The summed E-state index contributed by atoms with van der Waals surface area (Å²) in [4.78, 5) is 28.6. The number of nitrogens with zero attached hydrogens (tertiary/aromatic N) is 2. The number of nitrogens with one attached hydrogen (secondary N) is 1. The van der Waals surface area contributed by atoms with E-state index in [0.29, 0.717) is 18.5 Å². The van der Waals surface area contributed by atoms with Crippen molar-refractivity contribution >= 4 is 27.5 Å². The fourth-order valence-electron chi connectivity index (χ4n) is 4.34. The number of anilines is 1. The third-order valence-electron chi connectivity index (χ3n) is 6.44. The monoisotopic (exact) mass is 521 g/mol. The van der Waals surface area contributed by atoms with Crippen LogP contribution in [-0.2, 0) is 39.0 Å². The number of rotatable bonds is 11. The zero-order valence-corrected chi connectivity index (χ0v) is 22.7. The lowest BCUT2D eigenvalue weighted by molar-refractivity contribution is -0.139. The van der Waals surface area contributed by atoms with Gasteiger partial charge < -0.3 is 10.2 Å². The van der Waals surface area contributed by atoms with E-state index in [2.05, 4.69) is 5.32 Å². The highest BCUT2D eigenvalue weighted by Gasteiger charge is 2.33. The van der Waals surface area contributed by atoms with Crippen LogP contribution in [0.4, 0.5) is 5.69 Å². The maximum absolute atomic E-state index is 14.0. The highest BCUT2D eigenvalue weighted by atomic mass is 32.2. The zero-order chi connectivity index (χ0) is 27.0. The minimum Gasteiger partial charge on any atom is -0.357 e. The lowest BCUT2D eigenvalue weighted by atomic mass is 10.0. The van der Waals surface area contributed by atoms with Crippen LogP contribution >= 0.6 is 0 Å². The molecule has 1 atom stereocenters. The Morgan fingerprint density at radius 3 is 2.08 bits per heavy atom. The molecule has 0 bridgehead atoms. The van der Waals surface area contributed by atoms with E-state index in [-0.39, 0.29) is 12.5 Å². The van der Waals surface area contributed by atoms with Gasteiger partial charge in [-0.05, 0) is 41.7 Å². The van der Waals surface area contributed by atoms with E-state index in [1.54, 1.807) is 12.1 Å². The first kappa shape index (κ1) is 27.9. The number of carbonyl (C=O) groups excluding carboxylic acids is 2. The van der Waals surface area contributed by atoms with Gasteiger partial charge in [0, 0.05) is 20.0 Å². The van der Waals surface area contributed by atoms with Crippen molar-refractivity contribution in [3.8, 4) is 0 Å². The maximum atomic E-state index is 14.0. The van der Waals surface area contributed by atoms with Crippen molar-refractivity contribution in [1.82, 2.24) is 10.2 Å². The Bertz CT molecular complexity index is 1330. The highest BCUT2D eigenvalue weighted by molar-refractivity contribution is 7.92. The molecule has 0 fully saturated rings. The van der Waals surface area contributed by atoms with Crippen LogP contribution in [0.2, 0.25) is 0 Å². The van der Waals surface area contributed by atoms with Crippen molar-refractivity contribution in [3.63, 3.8) is 0 Å². The van der Waals surface area contributed by atoms with Crippen LogP contribution in [0.15, 0.2) is 78.9 Å². The summed E-state index contributed by atoms with van der Waals surface area (Å²) in [6.45, 7) is 3.64. The molecule has 0 radical (unpaired) electrons. The fourth-order valence-corrected chi connectivity index (χ4v) is 5.22. The average molecular weight is 522 g/mol. The molecule has 3 aromatic carbocycles. The van der Waals surface area contributed by atoms with Crippen molar-refractivity contribution < 1.29 is 18.0 Å². The molecule has 7 nitrogen and oxygen atoms in total. The molecule has 3 aromatic rings. The number of para-hydroxylation sites is 1. The summed E-state index contributed by atoms with van der Waals surface area (Å²) in [5.41, 5.74) is 4.05. The third kappa shape index (κ3) is 7.20. The summed E-state index contributed by atoms with van der Waals surface area (Å²) in [6.07, 6.45) is 2.00. The van der Waals surface area contributed by atoms with E-state index in [0.717, 1.165) is 32.8 Å². The molecule has 0 aliphatic rings. The number of sulfonamides is 1. The van der Waals surface area contributed by atoms with E-state index in [1.807, 2.05) is 80.6 Å². The average Bonchev–Trinajstić information content (AvgIpc) is 2.89. The Morgan fingerprint density at radius 1 is 0.892 bits per heavy atom. The molecule has 0 spiro atoms. The highest BCUT2D eigenvalue weighted by Crippen LogP contribution is 2.25. The van der Waals surface area contributed by atoms with Gasteiger partial charge in [-0.15, -0.1) is 0 Å². The van der Waals surface area contributed by atoms with Crippen molar-refractivity contribution in [3.05, 3.63) is 101 Å². The predicted molar refractivity (Wildman–Crippen MR) is 148 cm³/mol. The Labute approximate surface area is 220 Å². The largest absolute Gasteiger partial charge is 0.357 e. The molecule has 3 rings (SSSR count). The molecule has 196 valence electrons. The Morgan fingerprint density at radius 2 is 1.49 bits per heavy atom. The van der Waals surface area contributed by atoms with Crippen LogP contribution in [0, 0.1) is 6.92 Å². The van der Waals surface area contributed by atoms with E-state index < -0.39 is 28.5 Å². The number of amides is 2. The first-order valence-electron chi connectivity index (χ1n) is 12.3. The second kappa shape index (κ2) is 12.5. The van der Waals surface area contributed by atoms with Gasteiger partial charge >= 0.3 is 0 Å². The number of hydrogen-bond donors (Lipinski definition) is 1. The first-order chi connectivity index (χ1) is 17.7. The van der Waals surface area contributed by atoms with E-state index in [9.17, 15) is 18.0 Å². The molecule has 8 heteroatoms. The van der Waals surface area contributed by atoms with Gasteiger partial charge in [0.25, 0.3) is 0 Å². The molecule has 1 unspecified atom stereocenters. The van der Waals surface area contributed by atoms with Crippen LogP contribution in [0.3, 0.4) is 0 Å². The van der Waals surface area contributed by atoms with Gasteiger partial charge in [0.1, 0.15) is 12.6 Å². The summed E-state index contributed by atoms with van der Waals surface area (Å²) in [6, 6.07) is 23.5. The normalized spacial score (nSPS) is 12.0. The maximum Gasteiger partial charge on any atom is 0.244 e. The van der Waals surface area contributed by atoms with Gasteiger partial charge in [0.15, 0.2) is 0 Å². The predicted octanol–water partition coefficient (Wildman–Crippen LogP) is 3.71. The van der Waals surface area contributed by atoms with Gasteiger partial charge in [-0.25, -0.2) is 8.42 Å². The van der Waals surface area contributed by atoms with Crippen LogP contribution in [0.1, 0.15) is 29.2 Å². The van der Waals surface area contributed by atoms with Crippen molar-refractivity contribution in [1.29, 1.82) is 0 Å². The fraction of sp³-hybridized carbons (Fsp3) is 0.310. The Hall–Kier alpha value is -3.65. The molecule has 1 N–H and O–H groups in total. The van der Waals surface area contributed by atoms with E-state index in [1.165, 1.54) is 11.9 Å². The van der Waals surface area contributed by atoms with Gasteiger partial charge in [-0.3, -0.25) is 13.9 Å². The lowest BCUT2D eigenvalue weighted by Crippen LogP contribution is -2.53. The summed E-state index contributed by atoms with van der Waals surface area (Å²) in [5, 5.41) is 2.69. The van der Waals surface area contributed by atoms with Crippen LogP contribution in [-0.4, -0.2) is 51.0 Å². The summed E-state index contributed by atoms with van der Waals surface area (Å²) in [5.74, 6) is -0.769. The van der Waals surface area contributed by atoms with Crippen molar-refractivity contribution in [2.75, 3.05) is 24.2 Å². The molecule has 0 saturated heterocycles. The van der Waals surface area contributed by atoms with Crippen LogP contribution in [0.25, 0.3) is 0 Å². The number of carbonyl (C=O) groups is 2. The minimum absolute atomic E-state index is 0.170. The summed E-state index contributed by atoms with van der Waals surface area (Å²) < 4.78 is 26.9. The van der Waals surface area contributed by atoms with Crippen molar-refractivity contribution in [2.24, 2.45) is 0 Å². The van der Waals surface area contributed by atoms with Crippen LogP contribution in [0.5, 0.6) is 0 Å². The molecule has 0 saturated carbocycles. The van der Waals surface area contributed by atoms with E-state index >= 15 is 0 Å². The number of benzene rings is 3. The van der Waals surface area contributed by atoms with Gasteiger partial charge in [0.2, 0.25) is 21.8 Å². The topological polar surface area (TPSA) is 86.8 Å². The van der Waals surface area contributed by atoms with Gasteiger partial charge in [0.05, 0.1) is 11.9 Å². The second-order valence-electron chi connectivity index (χ2n) is 9.02. The third-order valence-corrected chi connectivity index (χ3v) is 7.57. The zero-order valence-electron chi connectivity index (χ0n) is 21.8. The number of aryl methyl sites for hydroxylation is 2. The summed E-state index contributed by atoms with van der Waals surface area (Å²) >= 11 is 0. The van der Waals surface area contributed by atoms with Gasteiger partial charge in [-0.1, -0.05) is 79.7 Å². The summed E-state index contributed by atoms with van der Waals surface area (Å²) in [7, 11) is -2.25. The molecular weight excluding hydrogens is 486 g/mol. The number of likely N-dealkylation sites (N-methyl/N-ethyl adjacent to an activating group) is 1. The molecule has 2 amide bonds. The smallest absolute Gasteiger partial charge is 0.244 e.